The normalized spacial score (nSPS) is 19.1. The van der Waals surface area contributed by atoms with Crippen LogP contribution in [0.15, 0.2) is 48.7 Å². The van der Waals surface area contributed by atoms with Crippen molar-refractivity contribution in [1.82, 2.24) is 15.0 Å². The first-order valence-corrected chi connectivity index (χ1v) is 9.47. The summed E-state index contributed by atoms with van der Waals surface area (Å²) < 4.78 is 5.25. The molecule has 2 atom stereocenters. The minimum atomic E-state index is 0.0310. The third-order valence-corrected chi connectivity index (χ3v) is 5.34. The van der Waals surface area contributed by atoms with Gasteiger partial charge in [-0.3, -0.25) is 4.98 Å². The first-order valence-electron chi connectivity index (χ1n) is 9.47. The maximum absolute atomic E-state index is 6.46. The zero-order chi connectivity index (χ0) is 19.7. The van der Waals surface area contributed by atoms with Gasteiger partial charge in [-0.2, -0.15) is 0 Å². The van der Waals surface area contributed by atoms with Crippen molar-refractivity contribution in [2.24, 2.45) is 5.73 Å². The molecular weight excluding hydrogens is 350 g/mol. The molecule has 1 saturated heterocycles. The number of ether oxygens (including phenoxy) is 1. The topological polar surface area (TPSA) is 77.2 Å². The van der Waals surface area contributed by atoms with E-state index in [1.165, 1.54) is 5.56 Å². The van der Waals surface area contributed by atoms with Gasteiger partial charge in [0.15, 0.2) is 0 Å². The van der Waals surface area contributed by atoms with E-state index in [-0.39, 0.29) is 12.0 Å². The zero-order valence-corrected chi connectivity index (χ0v) is 16.5. The van der Waals surface area contributed by atoms with E-state index >= 15 is 0 Å². The fourth-order valence-corrected chi connectivity index (χ4v) is 3.80. The van der Waals surface area contributed by atoms with E-state index in [2.05, 4.69) is 33.1 Å². The van der Waals surface area contributed by atoms with Gasteiger partial charge in [-0.25, -0.2) is 9.97 Å². The van der Waals surface area contributed by atoms with Crippen molar-refractivity contribution >= 4 is 5.95 Å². The first kappa shape index (κ1) is 18.4. The average Bonchev–Trinajstić information content (AvgIpc) is 3.10. The highest BCUT2D eigenvalue weighted by atomic mass is 16.5. The average molecular weight is 375 g/mol. The van der Waals surface area contributed by atoms with Gasteiger partial charge in [0, 0.05) is 48.2 Å². The molecule has 0 saturated carbocycles. The predicted molar refractivity (Wildman–Crippen MR) is 111 cm³/mol. The number of hydrogen-bond acceptors (Lipinski definition) is 6. The molecule has 6 nitrogen and oxygen atoms in total. The molecule has 3 heterocycles. The highest BCUT2D eigenvalue weighted by Gasteiger charge is 2.32. The molecule has 1 fully saturated rings. The summed E-state index contributed by atoms with van der Waals surface area (Å²) in [4.78, 5) is 16.0. The molecular formula is C22H25N5O. The lowest BCUT2D eigenvalue weighted by Gasteiger charge is -2.17. The number of hydrogen-bond donors (Lipinski definition) is 1. The van der Waals surface area contributed by atoms with Gasteiger partial charge < -0.3 is 15.4 Å². The first-order chi connectivity index (χ1) is 13.5. The van der Waals surface area contributed by atoms with Crippen LogP contribution in [0.25, 0.3) is 11.3 Å². The van der Waals surface area contributed by atoms with Crippen molar-refractivity contribution in [1.29, 1.82) is 0 Å². The van der Waals surface area contributed by atoms with Crippen LogP contribution in [-0.4, -0.2) is 41.2 Å². The number of rotatable bonds is 4. The minimum absolute atomic E-state index is 0.0310. The van der Waals surface area contributed by atoms with Crippen molar-refractivity contribution in [3.8, 4) is 17.0 Å². The van der Waals surface area contributed by atoms with Gasteiger partial charge in [-0.05, 0) is 49.7 Å². The van der Waals surface area contributed by atoms with Gasteiger partial charge in [0.1, 0.15) is 5.75 Å². The van der Waals surface area contributed by atoms with Gasteiger partial charge >= 0.3 is 0 Å². The third-order valence-electron chi connectivity index (χ3n) is 5.34. The maximum atomic E-state index is 6.46. The Kier molecular flexibility index (Phi) is 4.96. The molecule has 1 aromatic carbocycles. The highest BCUT2D eigenvalue weighted by Crippen LogP contribution is 2.30. The lowest BCUT2D eigenvalue weighted by molar-refractivity contribution is 0.414. The van der Waals surface area contributed by atoms with Gasteiger partial charge in [0.25, 0.3) is 0 Å². The number of aromatic nitrogens is 3. The summed E-state index contributed by atoms with van der Waals surface area (Å²) in [6.07, 6.45) is 1.81. The number of nitrogens with two attached hydrogens (primary N) is 1. The SMILES string of the molecule is COc1ccc(C2CN(c3nccc(-c4ccc(C)nc4C)n3)CC2N)cc1. The van der Waals surface area contributed by atoms with Crippen LogP contribution >= 0.6 is 0 Å². The largest absolute Gasteiger partial charge is 0.497 e. The summed E-state index contributed by atoms with van der Waals surface area (Å²) in [5.74, 6) is 1.80. The van der Waals surface area contributed by atoms with Gasteiger partial charge in [-0.15, -0.1) is 0 Å². The minimum Gasteiger partial charge on any atom is -0.497 e. The fourth-order valence-electron chi connectivity index (χ4n) is 3.80. The van der Waals surface area contributed by atoms with Crippen LogP contribution in [0, 0.1) is 13.8 Å². The number of aryl methyl sites for hydroxylation is 2. The van der Waals surface area contributed by atoms with Crippen LogP contribution in [0.1, 0.15) is 22.9 Å². The third kappa shape index (κ3) is 3.55. The predicted octanol–water partition coefficient (Wildman–Crippen LogP) is 3.10. The molecule has 6 heteroatoms. The second-order valence-electron chi connectivity index (χ2n) is 7.28. The van der Waals surface area contributed by atoms with Crippen LogP contribution in [0.3, 0.4) is 0 Å². The Morgan fingerprint density at radius 3 is 2.50 bits per heavy atom. The van der Waals surface area contributed by atoms with Crippen molar-refractivity contribution in [3.05, 3.63) is 65.6 Å². The van der Waals surface area contributed by atoms with Crippen LogP contribution in [0.5, 0.6) is 5.75 Å². The van der Waals surface area contributed by atoms with Crippen molar-refractivity contribution < 1.29 is 4.74 Å². The number of methoxy groups -OCH3 is 1. The molecule has 1 aliphatic heterocycles. The second kappa shape index (κ2) is 7.56. The quantitative estimate of drug-likeness (QED) is 0.755. The number of anilines is 1. The summed E-state index contributed by atoms with van der Waals surface area (Å²) in [7, 11) is 1.67. The lowest BCUT2D eigenvalue weighted by atomic mass is 9.95. The van der Waals surface area contributed by atoms with E-state index < -0.39 is 0 Å². The number of nitrogens with zero attached hydrogens (tertiary/aromatic N) is 4. The maximum Gasteiger partial charge on any atom is 0.225 e. The zero-order valence-electron chi connectivity index (χ0n) is 16.5. The molecule has 2 aromatic heterocycles. The van der Waals surface area contributed by atoms with Crippen molar-refractivity contribution in [3.63, 3.8) is 0 Å². The van der Waals surface area contributed by atoms with Crippen LogP contribution in [0.2, 0.25) is 0 Å². The van der Waals surface area contributed by atoms with E-state index in [9.17, 15) is 0 Å². The van der Waals surface area contributed by atoms with Gasteiger partial charge in [0.05, 0.1) is 12.8 Å². The molecule has 0 aliphatic carbocycles. The molecule has 0 bridgehead atoms. The van der Waals surface area contributed by atoms with E-state index in [0.717, 1.165) is 41.5 Å². The Labute approximate surface area is 165 Å². The monoisotopic (exact) mass is 375 g/mol. The van der Waals surface area contributed by atoms with Crippen molar-refractivity contribution in [2.75, 3.05) is 25.1 Å². The molecule has 3 aromatic rings. The molecule has 0 spiro atoms. The Bertz CT molecular complexity index is 973. The molecule has 0 amide bonds. The Hall–Kier alpha value is -2.99. The van der Waals surface area contributed by atoms with E-state index in [1.807, 2.05) is 44.3 Å². The van der Waals surface area contributed by atoms with Gasteiger partial charge in [0.2, 0.25) is 5.95 Å². The second-order valence-corrected chi connectivity index (χ2v) is 7.28. The molecule has 144 valence electrons. The molecule has 1 aliphatic rings. The Morgan fingerprint density at radius 2 is 1.79 bits per heavy atom. The summed E-state index contributed by atoms with van der Waals surface area (Å²) in [6.45, 7) is 5.52. The Morgan fingerprint density at radius 1 is 1.00 bits per heavy atom. The van der Waals surface area contributed by atoms with Crippen LogP contribution < -0.4 is 15.4 Å². The molecule has 2 unspecified atom stereocenters. The summed E-state index contributed by atoms with van der Waals surface area (Å²) in [5.41, 5.74) is 11.6. The standard InChI is InChI=1S/C22H25N5O/c1-14-4-9-18(15(2)25-14)21-10-11-24-22(26-21)27-12-19(20(23)13-27)16-5-7-17(28-3)8-6-16/h4-11,19-20H,12-13,23H2,1-3H3. The van der Waals surface area contributed by atoms with E-state index in [1.54, 1.807) is 7.11 Å². The summed E-state index contributed by atoms with van der Waals surface area (Å²) in [5, 5.41) is 0. The van der Waals surface area contributed by atoms with E-state index in [0.29, 0.717) is 5.95 Å². The molecule has 0 radical (unpaired) electrons. The smallest absolute Gasteiger partial charge is 0.225 e. The van der Waals surface area contributed by atoms with Gasteiger partial charge in [-0.1, -0.05) is 12.1 Å². The van der Waals surface area contributed by atoms with E-state index in [4.69, 9.17) is 15.5 Å². The van der Waals surface area contributed by atoms with Crippen LogP contribution in [0.4, 0.5) is 5.95 Å². The molecule has 4 rings (SSSR count). The number of pyridine rings is 1. The lowest BCUT2D eigenvalue weighted by Crippen LogP contribution is -2.29. The molecule has 2 N–H and O–H groups in total. The Balaban J connectivity index is 1.58. The molecule has 28 heavy (non-hydrogen) atoms. The fraction of sp³-hybridized carbons (Fsp3) is 0.318. The summed E-state index contributed by atoms with van der Waals surface area (Å²) >= 11 is 0. The number of benzene rings is 1. The summed E-state index contributed by atoms with van der Waals surface area (Å²) in [6, 6.07) is 14.2. The van der Waals surface area contributed by atoms with Crippen molar-refractivity contribution in [2.45, 2.75) is 25.8 Å². The van der Waals surface area contributed by atoms with Crippen LogP contribution in [-0.2, 0) is 0 Å². The highest BCUT2D eigenvalue weighted by molar-refractivity contribution is 5.63.